The summed E-state index contributed by atoms with van der Waals surface area (Å²) in [6.07, 6.45) is 2.21. The molecule has 1 amide bonds. The highest BCUT2D eigenvalue weighted by Gasteiger charge is 2.26. The van der Waals surface area contributed by atoms with Gasteiger partial charge in [-0.3, -0.25) is 9.36 Å². The van der Waals surface area contributed by atoms with Crippen molar-refractivity contribution in [1.29, 1.82) is 0 Å². The topological polar surface area (TPSA) is 72.3 Å². The summed E-state index contributed by atoms with van der Waals surface area (Å²) in [5, 5.41) is 4.59. The van der Waals surface area contributed by atoms with Crippen LogP contribution in [0.4, 0.5) is 5.82 Å². The first-order valence-corrected chi connectivity index (χ1v) is 12.2. The van der Waals surface area contributed by atoms with Crippen LogP contribution < -0.4 is 15.0 Å². The number of hydrogen-bond donors (Lipinski definition) is 1. The molecule has 1 aliphatic rings. The zero-order valence-corrected chi connectivity index (χ0v) is 20.9. The summed E-state index contributed by atoms with van der Waals surface area (Å²) in [6.45, 7) is 6.29. The first kappa shape index (κ1) is 23.2. The van der Waals surface area contributed by atoms with Gasteiger partial charge in [0.15, 0.2) is 5.65 Å². The maximum absolute atomic E-state index is 13.3. The Labute approximate surface area is 209 Å². The van der Waals surface area contributed by atoms with Crippen LogP contribution in [0.25, 0.3) is 16.7 Å². The smallest absolute Gasteiger partial charge is 0.289 e. The number of anilines is 1. The molecule has 0 spiro atoms. The number of nitrogens with zero attached hydrogens (tertiary/aromatic N) is 4. The summed E-state index contributed by atoms with van der Waals surface area (Å²) in [5.41, 5.74) is 4.64. The molecular weight excluding hydrogens is 462 g/mol. The van der Waals surface area contributed by atoms with Crippen molar-refractivity contribution in [3.8, 4) is 11.4 Å². The number of para-hydroxylation sites is 1. The molecule has 7 nitrogen and oxygen atoms in total. The van der Waals surface area contributed by atoms with Gasteiger partial charge in [0.05, 0.1) is 12.5 Å². The van der Waals surface area contributed by atoms with Crippen molar-refractivity contribution in [1.82, 2.24) is 19.9 Å². The van der Waals surface area contributed by atoms with Crippen LogP contribution in [0, 0.1) is 13.8 Å². The zero-order chi connectivity index (χ0) is 24.5. The van der Waals surface area contributed by atoms with E-state index in [1.165, 1.54) is 0 Å². The average molecular weight is 490 g/mol. The van der Waals surface area contributed by atoms with Crippen molar-refractivity contribution in [2.24, 2.45) is 0 Å². The molecule has 1 aliphatic heterocycles. The second kappa shape index (κ2) is 9.58. The molecule has 2 aromatic carbocycles. The Kier molecular flexibility index (Phi) is 6.34. The summed E-state index contributed by atoms with van der Waals surface area (Å²) in [5.74, 6) is 1.36. The number of rotatable bonds is 6. The van der Waals surface area contributed by atoms with Gasteiger partial charge >= 0.3 is 0 Å². The van der Waals surface area contributed by atoms with Gasteiger partial charge in [0.25, 0.3) is 5.91 Å². The average Bonchev–Trinajstić information content (AvgIpc) is 3.49. The van der Waals surface area contributed by atoms with Gasteiger partial charge in [-0.25, -0.2) is 9.97 Å². The number of fused-ring (bicyclic) bond motifs is 1. The number of aromatic nitrogens is 3. The highest BCUT2D eigenvalue weighted by atomic mass is 35.5. The third-order valence-electron chi connectivity index (χ3n) is 6.64. The largest absolute Gasteiger partial charge is 0.496 e. The molecule has 35 heavy (non-hydrogen) atoms. The SMILES string of the molecule is COc1ccccc1CNC(=O)c1nc(N2CCCC2)c2c(C)c(C)n(-c3cccc(Cl)c3)c2n1. The Morgan fingerprint density at radius 3 is 2.60 bits per heavy atom. The van der Waals surface area contributed by atoms with Gasteiger partial charge in [0, 0.05) is 41.6 Å². The fourth-order valence-electron chi connectivity index (χ4n) is 4.74. The first-order chi connectivity index (χ1) is 17.0. The van der Waals surface area contributed by atoms with Gasteiger partial charge in [-0.2, -0.15) is 0 Å². The van der Waals surface area contributed by atoms with E-state index >= 15 is 0 Å². The Morgan fingerprint density at radius 1 is 1.09 bits per heavy atom. The van der Waals surface area contributed by atoms with Crippen molar-refractivity contribution >= 4 is 34.4 Å². The summed E-state index contributed by atoms with van der Waals surface area (Å²) in [7, 11) is 1.62. The molecule has 0 atom stereocenters. The molecule has 0 unspecified atom stereocenters. The molecule has 0 radical (unpaired) electrons. The third kappa shape index (κ3) is 4.32. The fraction of sp³-hybridized carbons (Fsp3) is 0.296. The normalized spacial score (nSPS) is 13.4. The van der Waals surface area contributed by atoms with E-state index < -0.39 is 0 Å². The molecule has 0 bridgehead atoms. The molecule has 0 aliphatic carbocycles. The van der Waals surface area contributed by atoms with Crippen LogP contribution in [-0.2, 0) is 6.54 Å². The van der Waals surface area contributed by atoms with Gasteiger partial charge < -0.3 is 15.0 Å². The van der Waals surface area contributed by atoms with E-state index in [2.05, 4.69) is 28.6 Å². The first-order valence-electron chi connectivity index (χ1n) is 11.8. The number of methoxy groups -OCH3 is 1. The summed E-state index contributed by atoms with van der Waals surface area (Å²) in [6, 6.07) is 15.3. The van der Waals surface area contributed by atoms with Gasteiger partial charge in [-0.05, 0) is 56.5 Å². The van der Waals surface area contributed by atoms with E-state index in [1.54, 1.807) is 7.11 Å². The second-order valence-electron chi connectivity index (χ2n) is 8.78. The van der Waals surface area contributed by atoms with E-state index in [1.807, 2.05) is 48.5 Å². The van der Waals surface area contributed by atoms with Crippen LogP contribution in [0.5, 0.6) is 5.75 Å². The van der Waals surface area contributed by atoms with E-state index in [4.69, 9.17) is 26.3 Å². The molecule has 8 heteroatoms. The Balaban J connectivity index is 1.61. The molecule has 3 heterocycles. The lowest BCUT2D eigenvalue weighted by molar-refractivity contribution is 0.0940. The minimum absolute atomic E-state index is 0.148. The maximum atomic E-state index is 13.3. The van der Waals surface area contributed by atoms with E-state index in [0.717, 1.165) is 65.4 Å². The number of ether oxygens (including phenoxy) is 1. The molecule has 2 aromatic heterocycles. The fourth-order valence-corrected chi connectivity index (χ4v) is 4.92. The number of benzene rings is 2. The van der Waals surface area contributed by atoms with Crippen molar-refractivity contribution in [2.45, 2.75) is 33.2 Å². The van der Waals surface area contributed by atoms with Gasteiger partial charge in [-0.1, -0.05) is 35.9 Å². The van der Waals surface area contributed by atoms with Gasteiger partial charge in [0.1, 0.15) is 11.6 Å². The monoisotopic (exact) mass is 489 g/mol. The standard InChI is InChI=1S/C27H28ClN5O2/c1-17-18(2)33(21-11-8-10-20(28)15-21)26-23(17)25(32-13-6-7-14-32)30-24(31-26)27(34)29-16-19-9-4-5-12-22(19)35-3/h4-5,8-12,15H,6-7,13-14,16H2,1-3H3,(H,29,34). The van der Waals surface area contributed by atoms with E-state index in [9.17, 15) is 4.79 Å². The van der Waals surface area contributed by atoms with Gasteiger partial charge in [0.2, 0.25) is 5.82 Å². The Hall–Kier alpha value is -3.58. The molecule has 1 fully saturated rings. The lowest BCUT2D eigenvalue weighted by atomic mass is 10.2. The van der Waals surface area contributed by atoms with Crippen molar-refractivity contribution in [3.63, 3.8) is 0 Å². The van der Waals surface area contributed by atoms with Gasteiger partial charge in [-0.15, -0.1) is 0 Å². The number of nitrogens with one attached hydrogen (secondary N) is 1. The summed E-state index contributed by atoms with van der Waals surface area (Å²) >= 11 is 6.32. The maximum Gasteiger partial charge on any atom is 0.289 e. The van der Waals surface area contributed by atoms with Crippen LogP contribution in [0.3, 0.4) is 0 Å². The number of halogens is 1. The van der Waals surface area contributed by atoms with Crippen LogP contribution in [0.2, 0.25) is 5.02 Å². The molecule has 1 N–H and O–H groups in total. The molecule has 0 saturated carbocycles. The lowest BCUT2D eigenvalue weighted by Gasteiger charge is -2.19. The number of amides is 1. The predicted octanol–water partition coefficient (Wildman–Crippen LogP) is 5.23. The molecule has 5 rings (SSSR count). The zero-order valence-electron chi connectivity index (χ0n) is 20.1. The summed E-state index contributed by atoms with van der Waals surface area (Å²) < 4.78 is 7.48. The minimum Gasteiger partial charge on any atom is -0.496 e. The minimum atomic E-state index is -0.326. The van der Waals surface area contributed by atoms with Crippen molar-refractivity contribution in [3.05, 3.63) is 76.2 Å². The van der Waals surface area contributed by atoms with Crippen molar-refractivity contribution in [2.75, 3.05) is 25.1 Å². The van der Waals surface area contributed by atoms with Crippen LogP contribution in [0.1, 0.15) is 40.3 Å². The molecule has 4 aromatic rings. The number of aryl methyl sites for hydroxylation is 1. The predicted molar refractivity (Wildman–Crippen MR) is 139 cm³/mol. The summed E-state index contributed by atoms with van der Waals surface area (Å²) in [4.78, 5) is 25.1. The van der Waals surface area contributed by atoms with Crippen LogP contribution >= 0.6 is 11.6 Å². The number of carbonyl (C=O) groups is 1. The third-order valence-corrected chi connectivity index (χ3v) is 6.88. The van der Waals surface area contributed by atoms with Crippen LogP contribution in [0.15, 0.2) is 48.5 Å². The molecular formula is C27H28ClN5O2. The number of hydrogen-bond acceptors (Lipinski definition) is 5. The van der Waals surface area contributed by atoms with E-state index in [0.29, 0.717) is 17.2 Å². The van der Waals surface area contributed by atoms with Crippen molar-refractivity contribution < 1.29 is 9.53 Å². The Morgan fingerprint density at radius 2 is 1.86 bits per heavy atom. The van der Waals surface area contributed by atoms with E-state index in [-0.39, 0.29) is 11.7 Å². The quantitative estimate of drug-likeness (QED) is 0.401. The van der Waals surface area contributed by atoms with Crippen LogP contribution in [-0.4, -0.2) is 40.6 Å². The highest BCUT2D eigenvalue weighted by Crippen LogP contribution is 2.35. The molecule has 180 valence electrons. The highest BCUT2D eigenvalue weighted by molar-refractivity contribution is 6.30. The molecule has 1 saturated heterocycles. The lowest BCUT2D eigenvalue weighted by Crippen LogP contribution is -2.27. The number of carbonyl (C=O) groups excluding carboxylic acids is 1. The second-order valence-corrected chi connectivity index (χ2v) is 9.22. The Bertz CT molecular complexity index is 1410.